The van der Waals surface area contributed by atoms with E-state index >= 15 is 0 Å². The van der Waals surface area contributed by atoms with Gasteiger partial charge >= 0.3 is 0 Å². The van der Waals surface area contributed by atoms with E-state index in [-0.39, 0.29) is 35.7 Å². The molecule has 7 heteroatoms. The summed E-state index contributed by atoms with van der Waals surface area (Å²) >= 11 is 0. The molecule has 1 saturated carbocycles. The van der Waals surface area contributed by atoms with Crippen LogP contribution in [-0.4, -0.2) is 48.5 Å². The van der Waals surface area contributed by atoms with Crippen LogP contribution < -0.4 is 5.43 Å². The molecule has 1 aromatic heterocycles. The minimum absolute atomic E-state index is 0.0221. The van der Waals surface area contributed by atoms with Crippen molar-refractivity contribution < 1.29 is 23.8 Å². The summed E-state index contributed by atoms with van der Waals surface area (Å²) in [4.78, 5) is 28.7. The maximum Gasteiger partial charge on any atom is 0.288 e. The van der Waals surface area contributed by atoms with Gasteiger partial charge in [-0.15, -0.1) is 0 Å². The van der Waals surface area contributed by atoms with E-state index in [2.05, 4.69) is 0 Å². The van der Waals surface area contributed by atoms with Gasteiger partial charge in [0.15, 0.2) is 11.2 Å². The normalized spacial score (nSPS) is 23.4. The third kappa shape index (κ3) is 5.05. The third-order valence-electron chi connectivity index (χ3n) is 7.13. The topological polar surface area (TPSA) is 89.2 Å². The molecule has 1 aliphatic carbocycles. The van der Waals surface area contributed by atoms with Gasteiger partial charge in [0.1, 0.15) is 5.58 Å². The number of para-hydroxylation sites is 1. The molecule has 3 atom stereocenters. The zero-order valence-electron chi connectivity index (χ0n) is 20.1. The molecule has 1 amide bonds. The highest BCUT2D eigenvalue weighted by Gasteiger charge is 2.40. The first-order valence-corrected chi connectivity index (χ1v) is 12.4. The van der Waals surface area contributed by atoms with E-state index in [4.69, 9.17) is 13.9 Å². The van der Waals surface area contributed by atoms with Crippen LogP contribution in [-0.2, 0) is 14.3 Å². The van der Waals surface area contributed by atoms with Gasteiger partial charge in [-0.25, -0.2) is 0 Å². The summed E-state index contributed by atoms with van der Waals surface area (Å²) in [5.41, 5.74) is 0.871. The molecule has 184 valence electrons. The average Bonchev–Trinajstić information content (AvgIpc) is 2.88. The van der Waals surface area contributed by atoms with Gasteiger partial charge in [0.25, 0.3) is 5.91 Å². The second-order valence-electron chi connectivity index (χ2n) is 9.25. The second kappa shape index (κ2) is 11.2. The molecule has 2 heterocycles. The number of hydrogen-bond acceptors (Lipinski definition) is 6. The van der Waals surface area contributed by atoms with E-state index in [0.717, 1.165) is 25.7 Å². The smallest absolute Gasteiger partial charge is 0.288 e. The molecule has 1 fully saturated rings. The number of hydrogen-bond donors (Lipinski definition) is 1. The van der Waals surface area contributed by atoms with Crippen molar-refractivity contribution in [1.29, 1.82) is 0 Å². The number of allylic oxidation sites excluding steroid dienone is 1. The number of aliphatic hydroxyl groups is 1. The maximum absolute atomic E-state index is 13.5. The highest BCUT2D eigenvalue weighted by molar-refractivity contribution is 5.92. The van der Waals surface area contributed by atoms with Crippen molar-refractivity contribution in [2.24, 2.45) is 5.92 Å². The van der Waals surface area contributed by atoms with Gasteiger partial charge in [0, 0.05) is 43.7 Å². The Bertz CT molecular complexity index is 1070. The predicted molar refractivity (Wildman–Crippen MR) is 129 cm³/mol. The van der Waals surface area contributed by atoms with Crippen molar-refractivity contribution in [3.63, 3.8) is 0 Å². The lowest BCUT2D eigenvalue weighted by Crippen LogP contribution is -2.43. The molecular formula is C27H35NO6. The number of carbonyl (C=O) groups is 1. The van der Waals surface area contributed by atoms with Crippen LogP contribution in [0, 0.1) is 5.92 Å². The minimum atomic E-state index is -0.698. The van der Waals surface area contributed by atoms with Crippen molar-refractivity contribution in [1.82, 2.24) is 4.90 Å². The molecule has 2 aromatic rings. The fourth-order valence-electron chi connectivity index (χ4n) is 5.25. The Kier molecular flexibility index (Phi) is 8.06. The summed E-state index contributed by atoms with van der Waals surface area (Å²) in [7, 11) is 1.83. The van der Waals surface area contributed by atoms with Gasteiger partial charge in [-0.05, 0) is 50.8 Å². The molecular weight excluding hydrogens is 434 g/mol. The van der Waals surface area contributed by atoms with E-state index < -0.39 is 12.2 Å². The van der Waals surface area contributed by atoms with Gasteiger partial charge in [-0.3, -0.25) is 9.59 Å². The lowest BCUT2D eigenvalue weighted by atomic mass is 9.80. The summed E-state index contributed by atoms with van der Waals surface area (Å²) < 4.78 is 17.9. The predicted octanol–water partition coefficient (Wildman–Crippen LogP) is 4.33. The lowest BCUT2D eigenvalue weighted by molar-refractivity contribution is -0.171. The molecule has 34 heavy (non-hydrogen) atoms. The van der Waals surface area contributed by atoms with Crippen molar-refractivity contribution in [3.8, 4) is 0 Å². The summed E-state index contributed by atoms with van der Waals surface area (Å²) in [6.07, 6.45) is 9.09. The number of rotatable bonds is 8. The summed E-state index contributed by atoms with van der Waals surface area (Å²) in [5, 5.41) is 9.99. The monoisotopic (exact) mass is 469 g/mol. The highest BCUT2D eigenvalue weighted by Crippen LogP contribution is 2.39. The molecule has 0 spiro atoms. The van der Waals surface area contributed by atoms with Crippen molar-refractivity contribution in [3.05, 3.63) is 58.2 Å². The molecule has 1 aromatic carbocycles. The number of likely N-dealkylation sites (N-methyl/N-ethyl adjacent to an activating group) is 1. The quantitative estimate of drug-likeness (QED) is 0.619. The maximum atomic E-state index is 13.5. The average molecular weight is 470 g/mol. The molecule has 1 N–H and O–H groups in total. The number of amides is 1. The largest absolute Gasteiger partial charge is 0.464 e. The van der Waals surface area contributed by atoms with Crippen LogP contribution in [0.15, 0.2) is 51.6 Å². The zero-order chi connectivity index (χ0) is 24.1. The van der Waals surface area contributed by atoms with Crippen molar-refractivity contribution in [2.75, 3.05) is 20.3 Å². The second-order valence-corrected chi connectivity index (χ2v) is 9.25. The van der Waals surface area contributed by atoms with Gasteiger partial charge in [-0.2, -0.15) is 0 Å². The molecule has 0 bridgehead atoms. The van der Waals surface area contributed by atoms with Crippen LogP contribution in [0.2, 0.25) is 0 Å². The number of aliphatic hydroxyl groups excluding tert-OH is 1. The van der Waals surface area contributed by atoms with Crippen LogP contribution >= 0.6 is 0 Å². The molecule has 3 unspecified atom stereocenters. The number of benzene rings is 1. The van der Waals surface area contributed by atoms with Gasteiger partial charge < -0.3 is 23.9 Å². The van der Waals surface area contributed by atoms with E-state index in [0.29, 0.717) is 36.0 Å². The Hall–Kier alpha value is -2.64. The Morgan fingerprint density at radius 2 is 1.97 bits per heavy atom. The zero-order valence-corrected chi connectivity index (χ0v) is 20.1. The first-order valence-electron chi connectivity index (χ1n) is 12.4. The van der Waals surface area contributed by atoms with Crippen molar-refractivity contribution in [2.45, 2.75) is 70.1 Å². The standard InChI is InChI=1S/C27H35NO6/c1-3-32-27-19(13-9-15-29)21(22-17-33-23-14-8-7-12-20(23)25(22)30)16-24(34-27)26(31)28(2)18-10-5-4-6-11-18/h7-8,12,14,16-19,21,27,29H,3-6,9-11,13,15H2,1-2H3. The van der Waals surface area contributed by atoms with Gasteiger partial charge in [-0.1, -0.05) is 31.4 Å². The van der Waals surface area contributed by atoms with Gasteiger partial charge in [0.05, 0.1) is 11.6 Å². The first-order chi connectivity index (χ1) is 16.5. The van der Waals surface area contributed by atoms with E-state index in [9.17, 15) is 14.7 Å². The molecule has 2 aliphatic rings. The molecule has 7 nitrogen and oxygen atoms in total. The molecule has 0 radical (unpaired) electrons. The van der Waals surface area contributed by atoms with Crippen LogP contribution in [0.3, 0.4) is 0 Å². The highest BCUT2D eigenvalue weighted by atomic mass is 16.7. The fourth-order valence-corrected chi connectivity index (χ4v) is 5.25. The molecule has 4 rings (SSSR count). The Labute approximate surface area is 200 Å². The third-order valence-corrected chi connectivity index (χ3v) is 7.13. The van der Waals surface area contributed by atoms with Crippen LogP contribution in [0.1, 0.15) is 63.4 Å². The van der Waals surface area contributed by atoms with Crippen LogP contribution in [0.25, 0.3) is 11.0 Å². The number of carbonyl (C=O) groups excluding carboxylic acids is 1. The van der Waals surface area contributed by atoms with Gasteiger partial charge in [0.2, 0.25) is 6.29 Å². The first kappa shape index (κ1) is 24.5. The summed E-state index contributed by atoms with van der Waals surface area (Å²) in [5.74, 6) is -0.652. The number of nitrogens with zero attached hydrogens (tertiary/aromatic N) is 1. The van der Waals surface area contributed by atoms with Crippen LogP contribution in [0.4, 0.5) is 0 Å². The number of ether oxygens (including phenoxy) is 2. The van der Waals surface area contributed by atoms with Crippen molar-refractivity contribution >= 4 is 16.9 Å². The number of fused-ring (bicyclic) bond motifs is 1. The lowest BCUT2D eigenvalue weighted by Gasteiger charge is -2.38. The molecule has 1 aliphatic heterocycles. The Morgan fingerprint density at radius 3 is 2.71 bits per heavy atom. The fraction of sp³-hybridized carbons (Fsp3) is 0.556. The van der Waals surface area contributed by atoms with Crippen LogP contribution in [0.5, 0.6) is 0 Å². The summed E-state index contributed by atoms with van der Waals surface area (Å²) in [6, 6.07) is 7.34. The minimum Gasteiger partial charge on any atom is -0.464 e. The molecule has 0 saturated heterocycles. The Balaban J connectivity index is 1.75. The van der Waals surface area contributed by atoms with E-state index in [1.54, 1.807) is 23.1 Å². The van der Waals surface area contributed by atoms with E-state index in [1.165, 1.54) is 12.7 Å². The Morgan fingerprint density at radius 1 is 1.21 bits per heavy atom. The van der Waals surface area contributed by atoms with E-state index in [1.807, 2.05) is 26.1 Å². The summed E-state index contributed by atoms with van der Waals surface area (Å²) in [6.45, 7) is 2.30. The SMILES string of the molecule is CCOC1OC(C(=O)N(C)C2CCCCC2)=CC(c2coc3ccccc3c2=O)C1CCCO.